The van der Waals surface area contributed by atoms with Crippen molar-refractivity contribution in [3.63, 3.8) is 0 Å². The number of carbonyl (C=O) groups is 2. The van der Waals surface area contributed by atoms with Gasteiger partial charge < -0.3 is 20.2 Å². The normalized spacial score (nSPS) is 11.6. The van der Waals surface area contributed by atoms with Crippen molar-refractivity contribution >= 4 is 57.8 Å². The van der Waals surface area contributed by atoms with Crippen LogP contribution >= 0.6 is 0 Å². The summed E-state index contributed by atoms with van der Waals surface area (Å²) in [5, 5.41) is 58.4. The van der Waals surface area contributed by atoms with E-state index in [4.69, 9.17) is 10.2 Å². The van der Waals surface area contributed by atoms with Crippen molar-refractivity contribution < 1.29 is 19.8 Å². The van der Waals surface area contributed by atoms with E-state index in [1.54, 1.807) is 36.4 Å². The largest absolute Gasteiger partial charge is 0.477 e. The summed E-state index contributed by atoms with van der Waals surface area (Å²) in [6.45, 7) is 0. The van der Waals surface area contributed by atoms with Gasteiger partial charge in [0.25, 0.3) is 0 Å². The molecule has 198 valence electrons. The second-order valence-electron chi connectivity index (χ2n) is 8.73. The number of aromatic amines is 2. The van der Waals surface area contributed by atoms with Crippen LogP contribution in [0.5, 0.6) is 0 Å². The van der Waals surface area contributed by atoms with Gasteiger partial charge in [0.2, 0.25) is 0 Å². The third-order valence-electron chi connectivity index (χ3n) is 6.34. The Morgan fingerprint density at radius 3 is 1.60 bits per heavy atom. The molecule has 42 heavy (non-hydrogen) atoms. The maximum atomic E-state index is 11.3. The van der Waals surface area contributed by atoms with Gasteiger partial charge in [-0.1, -0.05) is 12.2 Å². The van der Waals surface area contributed by atoms with Crippen LogP contribution in [0.3, 0.4) is 0 Å². The Labute approximate surface area is 236 Å². The van der Waals surface area contributed by atoms with Gasteiger partial charge in [-0.25, -0.2) is 19.6 Å². The maximum absolute atomic E-state index is 11.3. The quantitative estimate of drug-likeness (QED) is 0.123. The van der Waals surface area contributed by atoms with Crippen molar-refractivity contribution in [3.05, 3.63) is 93.1 Å². The molecule has 5 rings (SSSR count). The van der Waals surface area contributed by atoms with E-state index in [9.17, 15) is 30.6 Å². The molecule has 12 heteroatoms. The average Bonchev–Trinajstić information content (AvgIpc) is 3.77. The van der Waals surface area contributed by atoms with Crippen LogP contribution in [0.2, 0.25) is 0 Å². The number of aliphatic carboxylic acids is 2. The number of nitrogens with zero attached hydrogens (tertiary/aromatic N) is 6. The van der Waals surface area contributed by atoms with Crippen molar-refractivity contribution in [2.45, 2.75) is 0 Å². The van der Waals surface area contributed by atoms with Gasteiger partial charge in [-0.05, 0) is 48.6 Å². The van der Waals surface area contributed by atoms with Gasteiger partial charge in [-0.15, -0.1) is 0 Å². The number of aromatic nitrogens is 4. The predicted molar refractivity (Wildman–Crippen MR) is 149 cm³/mol. The van der Waals surface area contributed by atoms with Crippen molar-refractivity contribution in [1.82, 2.24) is 19.9 Å². The molecule has 12 nitrogen and oxygen atoms in total. The van der Waals surface area contributed by atoms with E-state index in [1.165, 1.54) is 18.2 Å². The molecule has 0 amide bonds. The number of carboxylic acids is 2. The number of H-pyrrole nitrogens is 2. The molecule has 0 radical (unpaired) electrons. The van der Waals surface area contributed by atoms with Gasteiger partial charge in [0.05, 0.1) is 44.8 Å². The van der Waals surface area contributed by atoms with Crippen LogP contribution in [0.15, 0.2) is 48.1 Å². The van der Waals surface area contributed by atoms with Gasteiger partial charge in [0, 0.05) is 5.57 Å². The molecular weight excluding hydrogens is 536 g/mol. The number of fused-ring (bicyclic) bond motifs is 8. The minimum absolute atomic E-state index is 0.0397. The van der Waals surface area contributed by atoms with Crippen LogP contribution in [-0.2, 0) is 9.59 Å². The topological polar surface area (TPSA) is 227 Å². The summed E-state index contributed by atoms with van der Waals surface area (Å²) in [6, 6.07) is 14.7. The van der Waals surface area contributed by atoms with Crippen LogP contribution in [0.25, 0.3) is 45.9 Å². The van der Waals surface area contributed by atoms with E-state index < -0.39 is 17.5 Å². The highest BCUT2D eigenvalue weighted by Crippen LogP contribution is 2.30. The molecule has 2 aliphatic heterocycles. The molecule has 0 saturated heterocycles. The zero-order valence-corrected chi connectivity index (χ0v) is 21.2. The molecule has 0 aliphatic carbocycles. The van der Waals surface area contributed by atoms with Crippen molar-refractivity contribution in [2.75, 3.05) is 0 Å². The zero-order chi connectivity index (χ0) is 30.0. The Hall–Kier alpha value is -7.02. The lowest BCUT2D eigenvalue weighted by Gasteiger charge is -1.98. The van der Waals surface area contributed by atoms with Crippen LogP contribution in [0.1, 0.15) is 45.0 Å². The smallest absolute Gasteiger partial charge is 0.343 e. The van der Waals surface area contributed by atoms with Gasteiger partial charge in [-0.3, -0.25) is 0 Å². The number of nitriles is 4. The minimum atomic E-state index is -1.64. The summed E-state index contributed by atoms with van der Waals surface area (Å²) < 4.78 is 0. The van der Waals surface area contributed by atoms with Crippen molar-refractivity contribution in [1.29, 1.82) is 21.0 Å². The molecule has 0 atom stereocenters. The van der Waals surface area contributed by atoms with Crippen molar-refractivity contribution in [2.24, 2.45) is 0 Å². The van der Waals surface area contributed by atoms with Gasteiger partial charge >= 0.3 is 11.9 Å². The second-order valence-corrected chi connectivity index (χ2v) is 8.73. The Kier molecular flexibility index (Phi) is 6.72. The van der Waals surface area contributed by atoms with Gasteiger partial charge in [0.1, 0.15) is 52.1 Å². The Bertz CT molecular complexity index is 2180. The van der Waals surface area contributed by atoms with Crippen LogP contribution in [0.4, 0.5) is 0 Å². The highest BCUT2D eigenvalue weighted by atomic mass is 16.4. The van der Waals surface area contributed by atoms with Crippen LogP contribution < -0.4 is 0 Å². The molecule has 4 N–H and O–H groups in total. The first-order chi connectivity index (χ1) is 20.3. The van der Waals surface area contributed by atoms with E-state index >= 15 is 0 Å². The molecule has 3 aromatic rings. The number of carboxylic acid groups (broad SMARTS) is 2. The molecular formula is C30H14N8O4. The molecule has 0 aromatic carbocycles. The van der Waals surface area contributed by atoms with Gasteiger partial charge in [0.15, 0.2) is 0 Å². The van der Waals surface area contributed by atoms with E-state index in [0.29, 0.717) is 27.9 Å². The summed E-state index contributed by atoms with van der Waals surface area (Å²) in [5.74, 6) is -3.28. The lowest BCUT2D eigenvalue weighted by molar-refractivity contribution is -0.140. The first kappa shape index (κ1) is 26.6. The Balaban J connectivity index is 1.92. The summed E-state index contributed by atoms with van der Waals surface area (Å²) in [4.78, 5) is 37.6. The monoisotopic (exact) mass is 550 g/mol. The predicted octanol–water partition coefficient (Wildman–Crippen LogP) is 4.16. The van der Waals surface area contributed by atoms with E-state index in [0.717, 1.165) is 6.08 Å². The first-order valence-electron chi connectivity index (χ1n) is 11.9. The fourth-order valence-electron chi connectivity index (χ4n) is 4.39. The Morgan fingerprint density at radius 2 is 1.14 bits per heavy atom. The van der Waals surface area contributed by atoms with E-state index in [1.807, 2.05) is 0 Å². The van der Waals surface area contributed by atoms with E-state index in [2.05, 4.69) is 44.2 Å². The first-order valence-corrected chi connectivity index (χ1v) is 11.9. The lowest BCUT2D eigenvalue weighted by Crippen LogP contribution is -2.10. The second kappa shape index (κ2) is 10.6. The molecule has 0 unspecified atom stereocenters. The number of rotatable bonds is 4. The lowest BCUT2D eigenvalue weighted by atomic mass is 10.1. The van der Waals surface area contributed by atoms with Crippen LogP contribution in [0, 0.1) is 45.3 Å². The van der Waals surface area contributed by atoms with Crippen molar-refractivity contribution in [3.8, 4) is 24.3 Å². The third-order valence-corrected chi connectivity index (χ3v) is 6.34. The molecule has 0 saturated carbocycles. The highest BCUT2D eigenvalue weighted by Gasteiger charge is 2.20. The molecule has 2 aliphatic rings. The third kappa shape index (κ3) is 4.56. The number of allylic oxidation sites excluding steroid dienone is 4. The number of nitrogens with one attached hydrogen (secondary N) is 2. The summed E-state index contributed by atoms with van der Waals surface area (Å²) in [7, 11) is 0. The van der Waals surface area contributed by atoms with E-state index in [-0.39, 0.29) is 44.7 Å². The Morgan fingerprint density at radius 1 is 0.690 bits per heavy atom. The van der Waals surface area contributed by atoms with Crippen LogP contribution in [-0.4, -0.2) is 42.1 Å². The molecule has 3 aromatic heterocycles. The summed E-state index contributed by atoms with van der Waals surface area (Å²) >= 11 is 0. The standard InChI is InChI=1S/C30H14N8O4/c31-11-17-21-4-5-22(35-21)18(12-32)24-8-9-26(37-24)20(14-34)28-15(2-1-3-16(29(39)40)30(41)42)10-27(38-28)19(13-33)25-7-6-23(17)36-25/h1-10,36-37H,(H,39,40)(H,41,42)/b2-1+,21-17?,22-18?,23-17?,24-18?,25-19?,26-20?,27-19?,28-20?. The fraction of sp³-hybridized carbons (Fsp3) is 0. The summed E-state index contributed by atoms with van der Waals surface area (Å²) in [6.07, 6.45) is 8.13. The zero-order valence-electron chi connectivity index (χ0n) is 21.2. The molecule has 5 heterocycles. The fourth-order valence-corrected chi connectivity index (χ4v) is 4.39. The maximum Gasteiger partial charge on any atom is 0.343 e. The average molecular weight is 550 g/mol. The molecule has 0 spiro atoms. The van der Waals surface area contributed by atoms with Gasteiger partial charge in [-0.2, -0.15) is 21.0 Å². The minimum Gasteiger partial charge on any atom is -0.477 e. The SMILES string of the molecule is N#Cc1c2nc(c(C#N)c3ccc([nH]3)c(C#N)c3nc(c(C#N)c4ccc1[nH]4)C=C3/C=C/C=C(C(=O)O)C(=O)O)C=C2. The number of hydrogen-bond acceptors (Lipinski definition) is 8. The molecule has 8 bridgehead atoms. The molecule has 0 fully saturated rings. The summed E-state index contributed by atoms with van der Waals surface area (Å²) in [5.41, 5.74) is 2.07. The highest BCUT2D eigenvalue weighted by molar-refractivity contribution is 6.12. The number of hydrogen-bond donors (Lipinski definition) is 4.